The first-order valence-corrected chi connectivity index (χ1v) is 4.57. The number of nitrogens with zero attached hydrogens (tertiary/aromatic N) is 1. The van der Waals surface area contributed by atoms with Crippen LogP contribution in [0.1, 0.15) is 16.7 Å². The van der Waals surface area contributed by atoms with Crippen molar-refractivity contribution in [2.24, 2.45) is 0 Å². The minimum absolute atomic E-state index is 0.908. The summed E-state index contributed by atoms with van der Waals surface area (Å²) < 4.78 is 0. The molecule has 1 N–H and O–H groups in total. The summed E-state index contributed by atoms with van der Waals surface area (Å²) in [6.45, 7) is 5.21. The molecule has 0 atom stereocenters. The van der Waals surface area contributed by atoms with Crippen molar-refractivity contribution in [1.82, 2.24) is 10.4 Å². The van der Waals surface area contributed by atoms with Crippen molar-refractivity contribution in [2.75, 3.05) is 14.1 Å². The second-order valence-electron chi connectivity index (χ2n) is 3.60. The van der Waals surface area contributed by atoms with Crippen molar-refractivity contribution in [2.45, 2.75) is 20.4 Å². The number of rotatable bonds is 3. The fraction of sp³-hybridized carbons (Fsp3) is 0.455. The maximum atomic E-state index is 3.28. The standard InChI is InChI=1S/C11H18N2/c1-9-6-5-7-10(2)11(9)8-12-13(3)4/h5-7,12H,8H2,1-4H3. The summed E-state index contributed by atoms with van der Waals surface area (Å²) in [5, 5.41) is 1.98. The summed E-state index contributed by atoms with van der Waals surface area (Å²) in [7, 11) is 4.02. The zero-order valence-corrected chi connectivity index (χ0v) is 8.89. The molecule has 0 spiro atoms. The third-order valence-electron chi connectivity index (χ3n) is 2.22. The predicted molar refractivity (Wildman–Crippen MR) is 56.4 cm³/mol. The third-order valence-corrected chi connectivity index (χ3v) is 2.22. The van der Waals surface area contributed by atoms with E-state index in [1.165, 1.54) is 16.7 Å². The lowest BCUT2D eigenvalue weighted by atomic mass is 10.0. The molecule has 0 fully saturated rings. The van der Waals surface area contributed by atoms with Gasteiger partial charge in [-0.1, -0.05) is 18.2 Å². The van der Waals surface area contributed by atoms with E-state index in [0.29, 0.717) is 0 Å². The van der Waals surface area contributed by atoms with E-state index in [0.717, 1.165) is 6.54 Å². The van der Waals surface area contributed by atoms with Crippen LogP contribution in [0.4, 0.5) is 0 Å². The van der Waals surface area contributed by atoms with Crippen LogP contribution >= 0.6 is 0 Å². The van der Waals surface area contributed by atoms with E-state index in [9.17, 15) is 0 Å². The van der Waals surface area contributed by atoms with Crippen LogP contribution in [0.15, 0.2) is 18.2 Å². The molecular weight excluding hydrogens is 160 g/mol. The highest BCUT2D eigenvalue weighted by atomic mass is 15.5. The molecule has 72 valence electrons. The van der Waals surface area contributed by atoms with E-state index in [4.69, 9.17) is 0 Å². The number of benzene rings is 1. The Morgan fingerprint density at radius 2 is 1.69 bits per heavy atom. The molecule has 0 aliphatic carbocycles. The summed E-state index contributed by atoms with van der Waals surface area (Å²) in [6, 6.07) is 6.41. The zero-order valence-electron chi connectivity index (χ0n) is 8.89. The van der Waals surface area contributed by atoms with Crippen LogP contribution in [0.2, 0.25) is 0 Å². The highest BCUT2D eigenvalue weighted by molar-refractivity contribution is 5.33. The molecule has 0 heterocycles. The molecule has 2 heteroatoms. The van der Waals surface area contributed by atoms with Gasteiger partial charge in [-0.25, -0.2) is 0 Å². The first-order chi connectivity index (χ1) is 6.11. The SMILES string of the molecule is Cc1cccc(C)c1CNN(C)C. The molecule has 2 nitrogen and oxygen atoms in total. The van der Waals surface area contributed by atoms with Crippen LogP contribution in [0, 0.1) is 13.8 Å². The molecule has 0 aliphatic rings. The minimum Gasteiger partial charge on any atom is -0.251 e. The van der Waals surface area contributed by atoms with Crippen LogP contribution in [-0.2, 0) is 6.54 Å². The van der Waals surface area contributed by atoms with Crippen LogP contribution in [-0.4, -0.2) is 19.1 Å². The molecule has 0 bridgehead atoms. The summed E-state index contributed by atoms with van der Waals surface area (Å²) in [5.74, 6) is 0. The number of hydrazine groups is 1. The molecule has 0 saturated carbocycles. The van der Waals surface area contributed by atoms with Crippen molar-refractivity contribution in [3.8, 4) is 0 Å². The van der Waals surface area contributed by atoms with Crippen molar-refractivity contribution in [3.63, 3.8) is 0 Å². The Hall–Kier alpha value is -0.860. The van der Waals surface area contributed by atoms with Crippen molar-refractivity contribution in [1.29, 1.82) is 0 Å². The van der Waals surface area contributed by atoms with E-state index in [1.54, 1.807) is 0 Å². The molecular formula is C11H18N2. The highest BCUT2D eigenvalue weighted by Crippen LogP contribution is 2.12. The average molecular weight is 178 g/mol. The Kier molecular flexibility index (Phi) is 3.46. The van der Waals surface area contributed by atoms with Crippen LogP contribution < -0.4 is 5.43 Å². The minimum atomic E-state index is 0.908. The average Bonchev–Trinajstić information content (AvgIpc) is 2.03. The summed E-state index contributed by atoms with van der Waals surface area (Å²) in [6.07, 6.45) is 0. The zero-order chi connectivity index (χ0) is 9.84. The van der Waals surface area contributed by atoms with Crippen molar-refractivity contribution >= 4 is 0 Å². The highest BCUT2D eigenvalue weighted by Gasteiger charge is 2.00. The smallest absolute Gasteiger partial charge is 0.0358 e. The fourth-order valence-electron chi connectivity index (χ4n) is 1.36. The molecule has 0 saturated heterocycles. The van der Waals surface area contributed by atoms with Gasteiger partial charge in [0.1, 0.15) is 0 Å². The van der Waals surface area contributed by atoms with Gasteiger partial charge in [0.25, 0.3) is 0 Å². The summed E-state index contributed by atoms with van der Waals surface area (Å²) in [5.41, 5.74) is 7.39. The second-order valence-corrected chi connectivity index (χ2v) is 3.60. The van der Waals surface area contributed by atoms with Crippen LogP contribution in [0.25, 0.3) is 0 Å². The Bertz CT molecular complexity index is 259. The maximum Gasteiger partial charge on any atom is 0.0358 e. The first kappa shape index (κ1) is 10.2. The monoisotopic (exact) mass is 178 g/mol. The molecule has 0 aromatic heterocycles. The van der Waals surface area contributed by atoms with Crippen molar-refractivity contribution < 1.29 is 0 Å². The van der Waals surface area contributed by atoms with Gasteiger partial charge in [0.2, 0.25) is 0 Å². The molecule has 0 amide bonds. The van der Waals surface area contributed by atoms with Gasteiger partial charge in [-0.3, -0.25) is 10.4 Å². The largest absolute Gasteiger partial charge is 0.251 e. The predicted octanol–water partition coefficient (Wildman–Crippen LogP) is 1.87. The quantitative estimate of drug-likeness (QED) is 0.711. The van der Waals surface area contributed by atoms with Gasteiger partial charge in [-0.2, -0.15) is 0 Å². The van der Waals surface area contributed by atoms with Crippen molar-refractivity contribution in [3.05, 3.63) is 34.9 Å². The van der Waals surface area contributed by atoms with E-state index < -0.39 is 0 Å². The Morgan fingerprint density at radius 1 is 1.15 bits per heavy atom. The lowest BCUT2D eigenvalue weighted by molar-refractivity contribution is 0.285. The van der Waals surface area contributed by atoms with Crippen LogP contribution in [0.3, 0.4) is 0 Å². The molecule has 1 aromatic carbocycles. The maximum absolute atomic E-state index is 3.28. The topological polar surface area (TPSA) is 15.3 Å². The summed E-state index contributed by atoms with van der Waals surface area (Å²) in [4.78, 5) is 0. The lowest BCUT2D eigenvalue weighted by Crippen LogP contribution is -2.30. The number of aryl methyl sites for hydroxylation is 2. The van der Waals surface area contributed by atoms with Crippen LogP contribution in [0.5, 0.6) is 0 Å². The van der Waals surface area contributed by atoms with E-state index in [1.807, 2.05) is 19.1 Å². The third kappa shape index (κ3) is 2.83. The van der Waals surface area contributed by atoms with E-state index >= 15 is 0 Å². The molecule has 1 rings (SSSR count). The Balaban J connectivity index is 2.75. The second kappa shape index (κ2) is 4.40. The Labute approximate surface area is 80.5 Å². The molecule has 0 aliphatic heterocycles. The molecule has 0 unspecified atom stereocenters. The van der Waals surface area contributed by atoms with Gasteiger partial charge in [-0.05, 0) is 30.5 Å². The van der Waals surface area contributed by atoms with Gasteiger partial charge in [0.15, 0.2) is 0 Å². The molecule has 1 aromatic rings. The first-order valence-electron chi connectivity index (χ1n) is 4.57. The number of nitrogens with one attached hydrogen (secondary N) is 1. The molecule has 0 radical (unpaired) electrons. The van der Waals surface area contributed by atoms with Gasteiger partial charge in [-0.15, -0.1) is 0 Å². The van der Waals surface area contributed by atoms with Gasteiger partial charge in [0, 0.05) is 20.6 Å². The Morgan fingerprint density at radius 3 is 2.15 bits per heavy atom. The number of hydrogen-bond acceptors (Lipinski definition) is 2. The number of hydrogen-bond donors (Lipinski definition) is 1. The lowest BCUT2D eigenvalue weighted by Gasteiger charge is -2.15. The molecule has 13 heavy (non-hydrogen) atoms. The summed E-state index contributed by atoms with van der Waals surface area (Å²) >= 11 is 0. The van der Waals surface area contributed by atoms with E-state index in [-0.39, 0.29) is 0 Å². The van der Waals surface area contributed by atoms with Gasteiger partial charge >= 0.3 is 0 Å². The normalized spacial score (nSPS) is 10.8. The van der Waals surface area contributed by atoms with Gasteiger partial charge in [0.05, 0.1) is 0 Å². The fourth-order valence-corrected chi connectivity index (χ4v) is 1.36. The van der Waals surface area contributed by atoms with Gasteiger partial charge < -0.3 is 0 Å². The van der Waals surface area contributed by atoms with E-state index in [2.05, 4.69) is 37.5 Å².